The zero-order valence-electron chi connectivity index (χ0n) is 7.95. The molecule has 4 heteroatoms. The summed E-state index contributed by atoms with van der Waals surface area (Å²) in [5.74, 6) is 0. The molecule has 1 amide bonds. The van der Waals surface area contributed by atoms with Crippen LogP contribution in [0, 0.1) is 0 Å². The number of aliphatic hydroxyl groups is 1. The Morgan fingerprint density at radius 2 is 2.08 bits per heavy atom. The number of carbonyl (C=O) groups is 1. The Morgan fingerprint density at radius 3 is 2.77 bits per heavy atom. The molecule has 1 saturated carbocycles. The van der Waals surface area contributed by atoms with Gasteiger partial charge in [-0.25, -0.2) is 4.79 Å². The van der Waals surface area contributed by atoms with E-state index in [1.54, 1.807) is 0 Å². The minimum absolute atomic E-state index is 0.130. The second-order valence-corrected chi connectivity index (χ2v) is 3.45. The maximum atomic E-state index is 10.9. The largest absolute Gasteiger partial charge is 0.453 e. The van der Waals surface area contributed by atoms with E-state index < -0.39 is 12.2 Å². The van der Waals surface area contributed by atoms with E-state index in [2.05, 4.69) is 10.1 Å². The van der Waals surface area contributed by atoms with Crippen molar-refractivity contribution in [3.63, 3.8) is 0 Å². The fraction of sp³-hybridized carbons (Fsp3) is 0.889. The molecule has 2 N–H and O–H groups in total. The lowest BCUT2D eigenvalue weighted by molar-refractivity contribution is 0.108. The smallest absolute Gasteiger partial charge is 0.407 e. The molecule has 1 fully saturated rings. The maximum Gasteiger partial charge on any atom is 0.407 e. The maximum absolute atomic E-state index is 10.9. The number of methoxy groups -OCH3 is 1. The Labute approximate surface area is 78.3 Å². The lowest BCUT2D eigenvalue weighted by atomic mass is 10.1. The summed E-state index contributed by atoms with van der Waals surface area (Å²) in [5.41, 5.74) is 0. The lowest BCUT2D eigenvalue weighted by Crippen LogP contribution is -2.42. The van der Waals surface area contributed by atoms with E-state index in [9.17, 15) is 9.90 Å². The van der Waals surface area contributed by atoms with Gasteiger partial charge in [-0.2, -0.15) is 0 Å². The number of aliphatic hydroxyl groups excluding tert-OH is 1. The summed E-state index contributed by atoms with van der Waals surface area (Å²) in [6, 6.07) is -0.130. The second kappa shape index (κ2) is 5.07. The van der Waals surface area contributed by atoms with E-state index >= 15 is 0 Å². The minimum atomic E-state index is -0.453. The molecule has 0 aromatic carbocycles. The van der Waals surface area contributed by atoms with Gasteiger partial charge < -0.3 is 15.2 Å². The van der Waals surface area contributed by atoms with Gasteiger partial charge in [-0.1, -0.05) is 19.3 Å². The Kier molecular flexibility index (Phi) is 4.02. The number of alkyl carbamates (subject to hydrolysis) is 1. The van der Waals surface area contributed by atoms with Gasteiger partial charge >= 0.3 is 6.09 Å². The van der Waals surface area contributed by atoms with Gasteiger partial charge in [0.05, 0.1) is 19.3 Å². The molecule has 76 valence electrons. The topological polar surface area (TPSA) is 58.6 Å². The predicted molar refractivity (Wildman–Crippen MR) is 48.4 cm³/mol. The van der Waals surface area contributed by atoms with Crippen molar-refractivity contribution in [3.8, 4) is 0 Å². The first kappa shape index (κ1) is 10.3. The van der Waals surface area contributed by atoms with Crippen LogP contribution in [-0.2, 0) is 4.74 Å². The van der Waals surface area contributed by atoms with Crippen molar-refractivity contribution in [3.05, 3.63) is 0 Å². The summed E-state index contributed by atoms with van der Waals surface area (Å²) in [6.45, 7) is 0. The van der Waals surface area contributed by atoms with E-state index in [1.165, 1.54) is 7.11 Å². The predicted octanol–water partition coefficient (Wildman–Crippen LogP) is 1.04. The molecule has 0 aromatic rings. The van der Waals surface area contributed by atoms with Crippen molar-refractivity contribution < 1.29 is 14.6 Å². The molecule has 4 nitrogen and oxygen atoms in total. The monoisotopic (exact) mass is 187 g/mol. The summed E-state index contributed by atoms with van der Waals surface area (Å²) in [7, 11) is 1.33. The third-order valence-electron chi connectivity index (χ3n) is 2.47. The van der Waals surface area contributed by atoms with Crippen molar-refractivity contribution in [2.45, 2.75) is 44.2 Å². The summed E-state index contributed by atoms with van der Waals surface area (Å²) >= 11 is 0. The van der Waals surface area contributed by atoms with Crippen LogP contribution in [0.25, 0.3) is 0 Å². The summed E-state index contributed by atoms with van der Waals surface area (Å²) in [4.78, 5) is 10.9. The quantitative estimate of drug-likeness (QED) is 0.603. The number of nitrogens with one attached hydrogen (secondary N) is 1. The van der Waals surface area contributed by atoms with Crippen molar-refractivity contribution in [1.29, 1.82) is 0 Å². The molecule has 1 aliphatic rings. The van der Waals surface area contributed by atoms with Gasteiger partial charge in [0, 0.05) is 0 Å². The molecule has 13 heavy (non-hydrogen) atoms. The van der Waals surface area contributed by atoms with E-state index in [-0.39, 0.29) is 6.04 Å². The van der Waals surface area contributed by atoms with Crippen LogP contribution in [0.4, 0.5) is 4.79 Å². The molecule has 0 spiro atoms. The Hall–Kier alpha value is -0.770. The first-order chi connectivity index (χ1) is 6.24. The van der Waals surface area contributed by atoms with Crippen LogP contribution in [-0.4, -0.2) is 30.5 Å². The fourth-order valence-electron chi connectivity index (χ4n) is 1.67. The number of ether oxygens (including phenoxy) is 1. The minimum Gasteiger partial charge on any atom is -0.453 e. The average molecular weight is 187 g/mol. The van der Waals surface area contributed by atoms with Crippen LogP contribution in [0.15, 0.2) is 0 Å². The van der Waals surface area contributed by atoms with Crippen LogP contribution in [0.2, 0.25) is 0 Å². The molecule has 0 radical (unpaired) electrons. The molecule has 0 aliphatic heterocycles. The van der Waals surface area contributed by atoms with Crippen molar-refractivity contribution in [2.24, 2.45) is 0 Å². The number of carbonyl (C=O) groups excluding carboxylic acids is 1. The van der Waals surface area contributed by atoms with Gasteiger partial charge in [-0.15, -0.1) is 0 Å². The third-order valence-corrected chi connectivity index (χ3v) is 2.47. The van der Waals surface area contributed by atoms with Crippen molar-refractivity contribution in [2.75, 3.05) is 7.11 Å². The molecule has 1 aliphatic carbocycles. The first-order valence-corrected chi connectivity index (χ1v) is 4.76. The standard InChI is InChI=1S/C9H17NO3/c1-13-9(12)10-7-5-3-2-4-6-8(7)11/h7-8,11H,2-6H2,1H3,(H,10,12). The van der Waals surface area contributed by atoms with Gasteiger partial charge in [-0.05, 0) is 12.8 Å². The highest BCUT2D eigenvalue weighted by molar-refractivity contribution is 5.67. The van der Waals surface area contributed by atoms with E-state index in [4.69, 9.17) is 0 Å². The van der Waals surface area contributed by atoms with Crippen LogP contribution in [0.5, 0.6) is 0 Å². The van der Waals surface area contributed by atoms with Gasteiger partial charge in [-0.3, -0.25) is 0 Å². The molecule has 0 bridgehead atoms. The number of rotatable bonds is 1. The van der Waals surface area contributed by atoms with Crippen LogP contribution in [0.3, 0.4) is 0 Å². The lowest BCUT2D eigenvalue weighted by Gasteiger charge is -2.20. The van der Waals surface area contributed by atoms with Crippen LogP contribution < -0.4 is 5.32 Å². The molecule has 0 heterocycles. The zero-order valence-corrected chi connectivity index (χ0v) is 7.95. The van der Waals surface area contributed by atoms with E-state index in [1.807, 2.05) is 0 Å². The molecule has 2 unspecified atom stereocenters. The fourth-order valence-corrected chi connectivity index (χ4v) is 1.67. The number of amides is 1. The molecule has 1 rings (SSSR count). The highest BCUT2D eigenvalue weighted by Crippen LogP contribution is 2.17. The van der Waals surface area contributed by atoms with Crippen LogP contribution >= 0.6 is 0 Å². The molecule has 2 atom stereocenters. The highest BCUT2D eigenvalue weighted by atomic mass is 16.5. The molecule has 0 aromatic heterocycles. The third kappa shape index (κ3) is 3.22. The summed E-state index contributed by atoms with van der Waals surface area (Å²) < 4.78 is 4.48. The summed E-state index contributed by atoms with van der Waals surface area (Å²) in [5, 5.41) is 12.3. The van der Waals surface area contributed by atoms with Gasteiger partial charge in [0.2, 0.25) is 0 Å². The van der Waals surface area contributed by atoms with Crippen molar-refractivity contribution in [1.82, 2.24) is 5.32 Å². The molecule has 0 saturated heterocycles. The second-order valence-electron chi connectivity index (χ2n) is 3.45. The molecular weight excluding hydrogens is 170 g/mol. The Bertz CT molecular complexity index is 172. The average Bonchev–Trinajstić information content (AvgIpc) is 2.32. The van der Waals surface area contributed by atoms with Gasteiger partial charge in [0.15, 0.2) is 0 Å². The SMILES string of the molecule is COC(=O)NC1CCCCCC1O. The van der Waals surface area contributed by atoms with E-state index in [0.717, 1.165) is 32.1 Å². The summed E-state index contributed by atoms with van der Waals surface area (Å²) in [6.07, 6.45) is 3.99. The van der Waals surface area contributed by atoms with Crippen LogP contribution in [0.1, 0.15) is 32.1 Å². The Morgan fingerprint density at radius 1 is 1.38 bits per heavy atom. The van der Waals surface area contributed by atoms with Gasteiger partial charge in [0.25, 0.3) is 0 Å². The molecular formula is C9H17NO3. The van der Waals surface area contributed by atoms with Gasteiger partial charge in [0.1, 0.15) is 0 Å². The van der Waals surface area contributed by atoms with E-state index in [0.29, 0.717) is 0 Å². The normalized spacial score (nSPS) is 29.1. The van der Waals surface area contributed by atoms with Crippen molar-refractivity contribution >= 4 is 6.09 Å². The number of hydrogen-bond donors (Lipinski definition) is 2. The first-order valence-electron chi connectivity index (χ1n) is 4.76. The Balaban J connectivity index is 2.40. The zero-order chi connectivity index (χ0) is 9.68. The number of hydrogen-bond acceptors (Lipinski definition) is 3. The highest BCUT2D eigenvalue weighted by Gasteiger charge is 2.23.